The number of aromatic nitrogens is 2. The standard InChI is InChI=1S/C17H12N2O2/c20-17-16(11-4-2-1-3-5-11)14-10-21-15-9-18-7-6-12(15)13(14)8-19-17/h1-9H,10H2,(H,19,20). The molecule has 102 valence electrons. The lowest BCUT2D eigenvalue weighted by Crippen LogP contribution is -2.17. The van der Waals surface area contributed by atoms with Gasteiger partial charge in [0.25, 0.3) is 5.56 Å². The van der Waals surface area contributed by atoms with Crippen molar-refractivity contribution in [1.29, 1.82) is 0 Å². The summed E-state index contributed by atoms with van der Waals surface area (Å²) in [5.74, 6) is 0.746. The van der Waals surface area contributed by atoms with Gasteiger partial charge in [0.05, 0.1) is 11.8 Å². The van der Waals surface area contributed by atoms with E-state index in [0.717, 1.165) is 28.0 Å². The fourth-order valence-corrected chi connectivity index (χ4v) is 2.74. The van der Waals surface area contributed by atoms with E-state index in [0.29, 0.717) is 12.2 Å². The van der Waals surface area contributed by atoms with Crippen LogP contribution in [-0.4, -0.2) is 9.97 Å². The number of aromatic amines is 1. The van der Waals surface area contributed by atoms with Gasteiger partial charge in [-0.2, -0.15) is 0 Å². The minimum atomic E-state index is -0.0962. The van der Waals surface area contributed by atoms with Crippen molar-refractivity contribution < 1.29 is 4.74 Å². The highest BCUT2D eigenvalue weighted by Gasteiger charge is 2.22. The first-order valence-corrected chi connectivity index (χ1v) is 6.72. The number of hydrogen-bond donors (Lipinski definition) is 1. The van der Waals surface area contributed by atoms with Gasteiger partial charge in [-0.3, -0.25) is 9.78 Å². The van der Waals surface area contributed by atoms with Crippen molar-refractivity contribution in [2.24, 2.45) is 0 Å². The Labute approximate surface area is 121 Å². The van der Waals surface area contributed by atoms with Crippen LogP contribution < -0.4 is 10.3 Å². The first-order chi connectivity index (χ1) is 10.3. The third-order valence-electron chi connectivity index (χ3n) is 3.71. The summed E-state index contributed by atoms with van der Waals surface area (Å²) in [7, 11) is 0. The van der Waals surface area contributed by atoms with Crippen molar-refractivity contribution in [3.63, 3.8) is 0 Å². The number of nitrogens with zero attached hydrogens (tertiary/aromatic N) is 1. The van der Waals surface area contributed by atoms with Gasteiger partial charge in [-0.1, -0.05) is 30.3 Å². The Morgan fingerprint density at radius 1 is 1.10 bits per heavy atom. The van der Waals surface area contributed by atoms with Gasteiger partial charge in [-0.05, 0) is 11.6 Å². The maximum Gasteiger partial charge on any atom is 0.256 e. The fraction of sp³-hybridized carbons (Fsp3) is 0.0588. The molecule has 1 aliphatic rings. The largest absolute Gasteiger partial charge is 0.487 e. The second-order valence-electron chi connectivity index (χ2n) is 4.91. The Morgan fingerprint density at radius 3 is 2.81 bits per heavy atom. The highest BCUT2D eigenvalue weighted by atomic mass is 16.5. The SMILES string of the molecule is O=c1[nH]cc2c(c1-c1ccccc1)COc1cnccc1-2. The molecule has 0 spiro atoms. The van der Waals surface area contributed by atoms with Gasteiger partial charge >= 0.3 is 0 Å². The predicted octanol–water partition coefficient (Wildman–Crippen LogP) is 3.00. The molecule has 0 bridgehead atoms. The van der Waals surface area contributed by atoms with Gasteiger partial charge in [-0.25, -0.2) is 0 Å². The summed E-state index contributed by atoms with van der Waals surface area (Å²) in [5.41, 5.74) is 4.36. The van der Waals surface area contributed by atoms with E-state index in [-0.39, 0.29) is 5.56 Å². The van der Waals surface area contributed by atoms with E-state index in [2.05, 4.69) is 9.97 Å². The van der Waals surface area contributed by atoms with E-state index in [9.17, 15) is 4.79 Å². The zero-order valence-electron chi connectivity index (χ0n) is 11.2. The van der Waals surface area contributed by atoms with Crippen LogP contribution in [0.1, 0.15) is 5.56 Å². The molecule has 4 rings (SSSR count). The van der Waals surface area contributed by atoms with E-state index < -0.39 is 0 Å². The van der Waals surface area contributed by atoms with E-state index >= 15 is 0 Å². The summed E-state index contributed by atoms with van der Waals surface area (Å²) in [6.07, 6.45) is 5.18. The Hall–Kier alpha value is -2.88. The van der Waals surface area contributed by atoms with Crippen LogP contribution in [0.5, 0.6) is 5.75 Å². The van der Waals surface area contributed by atoms with Crippen molar-refractivity contribution in [2.45, 2.75) is 6.61 Å². The highest BCUT2D eigenvalue weighted by molar-refractivity contribution is 5.81. The first-order valence-electron chi connectivity index (χ1n) is 6.72. The molecule has 1 aromatic carbocycles. The summed E-state index contributed by atoms with van der Waals surface area (Å²) in [4.78, 5) is 19.2. The molecule has 0 aliphatic carbocycles. The summed E-state index contributed by atoms with van der Waals surface area (Å²) in [5, 5.41) is 0. The lowest BCUT2D eigenvalue weighted by molar-refractivity contribution is 0.301. The lowest BCUT2D eigenvalue weighted by atomic mass is 9.93. The van der Waals surface area contributed by atoms with Crippen molar-refractivity contribution in [2.75, 3.05) is 0 Å². The van der Waals surface area contributed by atoms with Gasteiger partial charge in [-0.15, -0.1) is 0 Å². The summed E-state index contributed by atoms with van der Waals surface area (Å²) >= 11 is 0. The average molecular weight is 276 g/mol. The molecule has 0 amide bonds. The van der Waals surface area contributed by atoms with Crippen LogP contribution in [-0.2, 0) is 6.61 Å². The number of H-pyrrole nitrogens is 1. The number of pyridine rings is 2. The molecule has 0 saturated carbocycles. The molecule has 3 aromatic rings. The van der Waals surface area contributed by atoms with Crippen molar-refractivity contribution in [3.8, 4) is 28.0 Å². The van der Waals surface area contributed by atoms with Gasteiger partial charge in [0.1, 0.15) is 12.4 Å². The molecule has 0 saturated heterocycles. The van der Waals surface area contributed by atoms with Crippen LogP contribution in [0, 0.1) is 0 Å². The molecule has 4 heteroatoms. The maximum atomic E-state index is 12.3. The van der Waals surface area contributed by atoms with Crippen molar-refractivity contribution in [3.05, 3.63) is 70.9 Å². The topological polar surface area (TPSA) is 55.0 Å². The summed E-state index contributed by atoms with van der Waals surface area (Å²) < 4.78 is 5.75. The summed E-state index contributed by atoms with van der Waals surface area (Å²) in [6, 6.07) is 11.6. The van der Waals surface area contributed by atoms with Crippen LogP contribution in [0.15, 0.2) is 59.8 Å². The number of hydrogen-bond acceptors (Lipinski definition) is 3. The second-order valence-corrected chi connectivity index (χ2v) is 4.91. The van der Waals surface area contributed by atoms with Crippen LogP contribution in [0.4, 0.5) is 0 Å². The van der Waals surface area contributed by atoms with Crippen LogP contribution in [0.2, 0.25) is 0 Å². The molecule has 2 aromatic heterocycles. The zero-order valence-corrected chi connectivity index (χ0v) is 11.2. The number of fused-ring (bicyclic) bond motifs is 3. The van der Waals surface area contributed by atoms with E-state index in [1.807, 2.05) is 36.4 Å². The minimum absolute atomic E-state index is 0.0962. The first kappa shape index (κ1) is 11.9. The van der Waals surface area contributed by atoms with Gasteiger partial charge in [0, 0.05) is 29.1 Å². The molecule has 4 nitrogen and oxygen atoms in total. The van der Waals surface area contributed by atoms with E-state index in [1.165, 1.54) is 0 Å². The van der Waals surface area contributed by atoms with Crippen molar-refractivity contribution >= 4 is 0 Å². The number of nitrogens with one attached hydrogen (secondary N) is 1. The van der Waals surface area contributed by atoms with Crippen LogP contribution >= 0.6 is 0 Å². The third kappa shape index (κ3) is 1.84. The quantitative estimate of drug-likeness (QED) is 0.743. The van der Waals surface area contributed by atoms with Gasteiger partial charge < -0.3 is 9.72 Å². The minimum Gasteiger partial charge on any atom is -0.487 e. The maximum absolute atomic E-state index is 12.3. The molecule has 0 atom stereocenters. The average Bonchev–Trinajstić information content (AvgIpc) is 2.55. The third-order valence-corrected chi connectivity index (χ3v) is 3.71. The Kier molecular flexibility index (Phi) is 2.60. The molecule has 0 radical (unpaired) electrons. The molecule has 0 unspecified atom stereocenters. The monoisotopic (exact) mass is 276 g/mol. The molecule has 1 aliphatic heterocycles. The molecular formula is C17H12N2O2. The normalized spacial score (nSPS) is 12.2. The molecule has 1 N–H and O–H groups in total. The zero-order chi connectivity index (χ0) is 14.2. The van der Waals surface area contributed by atoms with Gasteiger partial charge in [0.2, 0.25) is 0 Å². The lowest BCUT2D eigenvalue weighted by Gasteiger charge is -2.22. The van der Waals surface area contributed by atoms with Crippen LogP contribution in [0.3, 0.4) is 0 Å². The van der Waals surface area contributed by atoms with Gasteiger partial charge in [0.15, 0.2) is 0 Å². The fourth-order valence-electron chi connectivity index (χ4n) is 2.74. The molecule has 0 fully saturated rings. The molecule has 3 heterocycles. The Morgan fingerprint density at radius 2 is 1.95 bits per heavy atom. The van der Waals surface area contributed by atoms with Crippen molar-refractivity contribution in [1.82, 2.24) is 9.97 Å². The Balaban J connectivity index is 2.02. The smallest absolute Gasteiger partial charge is 0.256 e. The van der Waals surface area contributed by atoms with E-state index in [4.69, 9.17) is 4.74 Å². The number of rotatable bonds is 1. The number of benzene rings is 1. The Bertz CT molecular complexity index is 869. The highest BCUT2D eigenvalue weighted by Crippen LogP contribution is 2.38. The second kappa shape index (κ2) is 4.59. The molecule has 21 heavy (non-hydrogen) atoms. The summed E-state index contributed by atoms with van der Waals surface area (Å²) in [6.45, 7) is 0.377. The number of ether oxygens (including phenoxy) is 1. The van der Waals surface area contributed by atoms with Crippen LogP contribution in [0.25, 0.3) is 22.3 Å². The van der Waals surface area contributed by atoms with E-state index in [1.54, 1.807) is 18.6 Å². The predicted molar refractivity (Wildman–Crippen MR) is 80.1 cm³/mol. The molecular weight excluding hydrogens is 264 g/mol.